The molecule has 1 aromatic carbocycles. The Morgan fingerprint density at radius 2 is 2.11 bits per heavy atom. The Hall–Kier alpha value is -1.43. The molecule has 1 aromatic rings. The standard InChI is InChI=1S/C13H16F3NO2/c1-12(2)6-10(17)9-4-3-8(5-11(9)19-12)18-7-13(14,15)16/h3-5,10H,6-7,17H2,1-2H3. The van der Waals surface area contributed by atoms with E-state index in [-0.39, 0.29) is 11.8 Å². The van der Waals surface area contributed by atoms with Crippen molar-refractivity contribution in [3.05, 3.63) is 23.8 Å². The third-order valence-electron chi connectivity index (χ3n) is 2.88. The summed E-state index contributed by atoms with van der Waals surface area (Å²) in [5.74, 6) is 0.615. The molecule has 0 saturated heterocycles. The molecule has 0 saturated carbocycles. The average molecular weight is 275 g/mol. The van der Waals surface area contributed by atoms with Gasteiger partial charge in [0.15, 0.2) is 6.61 Å². The molecule has 0 amide bonds. The van der Waals surface area contributed by atoms with Crippen molar-refractivity contribution in [1.29, 1.82) is 0 Å². The second-order valence-corrected chi connectivity index (χ2v) is 5.28. The van der Waals surface area contributed by atoms with Gasteiger partial charge in [-0.15, -0.1) is 0 Å². The fraction of sp³-hybridized carbons (Fsp3) is 0.538. The Morgan fingerprint density at radius 3 is 2.74 bits per heavy atom. The molecule has 1 unspecified atom stereocenters. The minimum Gasteiger partial charge on any atom is -0.487 e. The Kier molecular flexibility index (Phi) is 3.38. The van der Waals surface area contributed by atoms with Crippen molar-refractivity contribution in [2.45, 2.75) is 38.1 Å². The Labute approximate surface area is 109 Å². The van der Waals surface area contributed by atoms with Gasteiger partial charge in [-0.25, -0.2) is 0 Å². The van der Waals surface area contributed by atoms with Gasteiger partial charge in [-0.2, -0.15) is 13.2 Å². The largest absolute Gasteiger partial charge is 0.487 e. The summed E-state index contributed by atoms with van der Waals surface area (Å²) in [5, 5.41) is 0. The lowest BCUT2D eigenvalue weighted by atomic mass is 9.90. The average Bonchev–Trinajstić information content (AvgIpc) is 2.23. The van der Waals surface area contributed by atoms with Crippen LogP contribution in [0, 0.1) is 0 Å². The lowest BCUT2D eigenvalue weighted by Gasteiger charge is -2.36. The van der Waals surface area contributed by atoms with Gasteiger partial charge < -0.3 is 15.2 Å². The molecule has 2 rings (SSSR count). The van der Waals surface area contributed by atoms with Crippen molar-refractivity contribution in [2.24, 2.45) is 5.73 Å². The van der Waals surface area contributed by atoms with Crippen molar-refractivity contribution in [3.8, 4) is 11.5 Å². The van der Waals surface area contributed by atoms with Crippen LogP contribution < -0.4 is 15.2 Å². The molecular formula is C13H16F3NO2. The van der Waals surface area contributed by atoms with Crippen LogP contribution in [0.25, 0.3) is 0 Å². The first kappa shape index (κ1) is 14.0. The molecule has 1 aliphatic heterocycles. The maximum absolute atomic E-state index is 12.1. The number of rotatable bonds is 2. The third-order valence-corrected chi connectivity index (χ3v) is 2.88. The van der Waals surface area contributed by atoms with E-state index in [1.54, 1.807) is 6.07 Å². The zero-order chi connectivity index (χ0) is 14.3. The zero-order valence-corrected chi connectivity index (χ0v) is 10.8. The van der Waals surface area contributed by atoms with Gasteiger partial charge in [0.2, 0.25) is 0 Å². The van der Waals surface area contributed by atoms with Gasteiger partial charge in [-0.3, -0.25) is 0 Å². The van der Waals surface area contributed by atoms with Crippen LogP contribution in [0.1, 0.15) is 31.9 Å². The Morgan fingerprint density at radius 1 is 1.42 bits per heavy atom. The molecule has 0 fully saturated rings. The zero-order valence-electron chi connectivity index (χ0n) is 10.8. The molecule has 1 heterocycles. The van der Waals surface area contributed by atoms with E-state index in [2.05, 4.69) is 0 Å². The van der Waals surface area contributed by atoms with Crippen LogP contribution in [0.2, 0.25) is 0 Å². The summed E-state index contributed by atoms with van der Waals surface area (Å²) in [6.45, 7) is 2.46. The number of alkyl halides is 3. The number of nitrogens with two attached hydrogens (primary N) is 1. The van der Waals surface area contributed by atoms with Crippen molar-refractivity contribution in [1.82, 2.24) is 0 Å². The highest BCUT2D eigenvalue weighted by Crippen LogP contribution is 2.40. The lowest BCUT2D eigenvalue weighted by molar-refractivity contribution is -0.153. The molecule has 19 heavy (non-hydrogen) atoms. The highest BCUT2D eigenvalue weighted by atomic mass is 19.4. The summed E-state index contributed by atoms with van der Waals surface area (Å²) in [5.41, 5.74) is 6.37. The molecule has 1 atom stereocenters. The van der Waals surface area contributed by atoms with Crippen LogP contribution in [0.15, 0.2) is 18.2 Å². The number of fused-ring (bicyclic) bond motifs is 1. The summed E-state index contributed by atoms with van der Waals surface area (Å²) in [6.07, 6.45) is -3.70. The molecule has 0 radical (unpaired) electrons. The minimum atomic E-state index is -4.35. The molecule has 0 aromatic heterocycles. The summed E-state index contributed by atoms with van der Waals surface area (Å²) in [6, 6.07) is 4.41. The van der Waals surface area contributed by atoms with E-state index >= 15 is 0 Å². The molecular weight excluding hydrogens is 259 g/mol. The van der Waals surface area contributed by atoms with Gasteiger partial charge in [0.05, 0.1) is 0 Å². The second kappa shape index (κ2) is 4.59. The van der Waals surface area contributed by atoms with Gasteiger partial charge in [-0.05, 0) is 19.9 Å². The maximum atomic E-state index is 12.1. The normalized spacial score (nSPS) is 21.5. The molecule has 1 aliphatic rings. The summed E-state index contributed by atoms with van der Waals surface area (Å²) >= 11 is 0. The van der Waals surface area contributed by atoms with E-state index in [1.165, 1.54) is 12.1 Å². The van der Waals surface area contributed by atoms with Crippen LogP contribution in [-0.2, 0) is 0 Å². The first-order valence-corrected chi connectivity index (χ1v) is 5.94. The van der Waals surface area contributed by atoms with Gasteiger partial charge >= 0.3 is 6.18 Å². The Balaban J connectivity index is 2.19. The second-order valence-electron chi connectivity index (χ2n) is 5.28. The SMILES string of the molecule is CC1(C)CC(N)c2ccc(OCC(F)(F)F)cc2O1. The van der Waals surface area contributed by atoms with E-state index in [0.29, 0.717) is 12.2 Å². The first-order valence-electron chi connectivity index (χ1n) is 5.94. The van der Waals surface area contributed by atoms with E-state index in [1.807, 2.05) is 13.8 Å². The van der Waals surface area contributed by atoms with Crippen molar-refractivity contribution in [3.63, 3.8) is 0 Å². The van der Waals surface area contributed by atoms with E-state index in [9.17, 15) is 13.2 Å². The van der Waals surface area contributed by atoms with E-state index in [0.717, 1.165) is 5.56 Å². The quantitative estimate of drug-likeness (QED) is 0.901. The van der Waals surface area contributed by atoms with E-state index in [4.69, 9.17) is 15.2 Å². The number of hydrogen-bond donors (Lipinski definition) is 1. The topological polar surface area (TPSA) is 44.5 Å². The number of ether oxygens (including phenoxy) is 2. The fourth-order valence-corrected chi connectivity index (χ4v) is 2.14. The van der Waals surface area contributed by atoms with Crippen LogP contribution in [0.5, 0.6) is 11.5 Å². The molecule has 6 heteroatoms. The van der Waals surface area contributed by atoms with Crippen LogP contribution in [0.3, 0.4) is 0 Å². The van der Waals surface area contributed by atoms with Gasteiger partial charge in [0.25, 0.3) is 0 Å². The summed E-state index contributed by atoms with van der Waals surface area (Å²) in [7, 11) is 0. The smallest absolute Gasteiger partial charge is 0.422 e. The lowest BCUT2D eigenvalue weighted by Crippen LogP contribution is -2.37. The molecule has 3 nitrogen and oxygen atoms in total. The third kappa shape index (κ3) is 3.53. The van der Waals surface area contributed by atoms with E-state index < -0.39 is 18.4 Å². The fourth-order valence-electron chi connectivity index (χ4n) is 2.14. The van der Waals surface area contributed by atoms with Crippen molar-refractivity contribution >= 4 is 0 Å². The molecule has 106 valence electrons. The van der Waals surface area contributed by atoms with Gasteiger partial charge in [0.1, 0.15) is 17.1 Å². The van der Waals surface area contributed by atoms with Gasteiger partial charge in [-0.1, -0.05) is 6.07 Å². The predicted molar refractivity (Wildman–Crippen MR) is 64.2 cm³/mol. The number of halogens is 3. The van der Waals surface area contributed by atoms with Crippen molar-refractivity contribution in [2.75, 3.05) is 6.61 Å². The first-order chi connectivity index (χ1) is 8.66. The molecule has 0 bridgehead atoms. The number of hydrogen-bond acceptors (Lipinski definition) is 3. The number of benzene rings is 1. The van der Waals surface area contributed by atoms with Crippen LogP contribution in [-0.4, -0.2) is 18.4 Å². The van der Waals surface area contributed by atoms with Crippen LogP contribution in [0.4, 0.5) is 13.2 Å². The monoisotopic (exact) mass is 275 g/mol. The molecule has 0 spiro atoms. The highest BCUT2D eigenvalue weighted by molar-refractivity contribution is 5.44. The highest BCUT2D eigenvalue weighted by Gasteiger charge is 2.32. The Bertz CT molecular complexity index is 471. The summed E-state index contributed by atoms with van der Waals surface area (Å²) < 4.78 is 46.7. The summed E-state index contributed by atoms with van der Waals surface area (Å²) in [4.78, 5) is 0. The van der Waals surface area contributed by atoms with Crippen molar-refractivity contribution < 1.29 is 22.6 Å². The minimum absolute atomic E-state index is 0.126. The molecule has 0 aliphatic carbocycles. The maximum Gasteiger partial charge on any atom is 0.422 e. The van der Waals surface area contributed by atoms with Crippen LogP contribution >= 0.6 is 0 Å². The van der Waals surface area contributed by atoms with Gasteiger partial charge in [0, 0.05) is 24.1 Å². The molecule has 2 N–H and O–H groups in total. The predicted octanol–water partition coefficient (Wildman–Crippen LogP) is 3.19.